The van der Waals surface area contributed by atoms with Crippen LogP contribution in [0.1, 0.15) is 144 Å². The average Bonchev–Trinajstić information content (AvgIpc) is 3.47. The molecule has 0 spiro atoms. The molecule has 2 aromatic heterocycles. The van der Waals surface area contributed by atoms with Crippen LogP contribution >= 0.6 is 16.5 Å². The van der Waals surface area contributed by atoms with Crippen molar-refractivity contribution >= 4 is 60.4 Å². The van der Waals surface area contributed by atoms with Crippen LogP contribution in [0.3, 0.4) is 0 Å². The quantitative estimate of drug-likeness (QED) is 0.164. The number of methoxy groups -OCH3 is 1. The lowest BCUT2D eigenvalue weighted by Gasteiger charge is -2.28. The summed E-state index contributed by atoms with van der Waals surface area (Å²) in [5, 5.41) is 3.98. The molecule has 364 valence electrons. The third-order valence-electron chi connectivity index (χ3n) is 12.9. The molecule has 0 aliphatic heterocycles. The summed E-state index contributed by atoms with van der Waals surface area (Å²) in [4.78, 5) is 0. The van der Waals surface area contributed by atoms with Crippen LogP contribution in [0, 0.1) is 48.5 Å². The molecule has 0 N–H and O–H groups in total. The standard InChI is InChI=1S/C60H72O7P2/c1-33-21-38(6)51-41(23-33)42-24-34(2)22-39(7)52(42)63-68(62-51)67-56-46(31-40(61-20)32-50(56)60(17,18)19)45-27-37(5)30-49(59(14,15)16)55(45)66-69-64-53-43(25-35(3)28-47(53)57(8,9)10)44-26-36(4)29-48(54(44)65-69)58(11,12)13/h21-32H,1-20H3. The van der Waals surface area contributed by atoms with Gasteiger partial charge in [-0.05, 0) is 152 Å². The van der Waals surface area contributed by atoms with E-state index >= 15 is 0 Å². The first kappa shape index (κ1) is 49.9. The van der Waals surface area contributed by atoms with Gasteiger partial charge >= 0.3 is 16.5 Å². The van der Waals surface area contributed by atoms with Crippen LogP contribution in [0.25, 0.3) is 55.0 Å². The first-order valence-corrected chi connectivity index (χ1v) is 26.3. The van der Waals surface area contributed by atoms with E-state index in [1.165, 1.54) is 0 Å². The van der Waals surface area contributed by atoms with Gasteiger partial charge in [-0.1, -0.05) is 113 Å². The van der Waals surface area contributed by atoms with Gasteiger partial charge in [0, 0.05) is 54.9 Å². The molecule has 0 atom stereocenters. The summed E-state index contributed by atoms with van der Waals surface area (Å²) >= 11 is 0. The predicted molar refractivity (Wildman–Crippen MR) is 291 cm³/mol. The Morgan fingerprint density at radius 3 is 1.03 bits per heavy atom. The van der Waals surface area contributed by atoms with Crippen molar-refractivity contribution in [1.82, 2.24) is 0 Å². The molecule has 69 heavy (non-hydrogen) atoms. The van der Waals surface area contributed by atoms with Crippen LogP contribution in [-0.4, -0.2) is 7.11 Å². The largest absolute Gasteiger partial charge is 0.497 e. The van der Waals surface area contributed by atoms with Gasteiger partial charge in [0.05, 0.1) is 7.11 Å². The normalized spacial score (nSPS) is 12.6. The summed E-state index contributed by atoms with van der Waals surface area (Å²) in [5.74, 6) is 1.94. The zero-order valence-electron chi connectivity index (χ0n) is 44.7. The fourth-order valence-corrected chi connectivity index (χ4v) is 12.0. The van der Waals surface area contributed by atoms with Crippen molar-refractivity contribution in [2.24, 2.45) is 0 Å². The molecule has 0 saturated heterocycles. The van der Waals surface area contributed by atoms with Gasteiger partial charge in [-0.15, -0.1) is 0 Å². The van der Waals surface area contributed by atoms with Crippen LogP contribution in [-0.2, 0) is 21.7 Å². The second kappa shape index (κ2) is 17.7. The predicted octanol–water partition coefficient (Wildman–Crippen LogP) is 19.6. The summed E-state index contributed by atoms with van der Waals surface area (Å²) in [7, 11) is -2.50. The van der Waals surface area contributed by atoms with Gasteiger partial charge in [0.2, 0.25) is 0 Å². The molecule has 2 heterocycles. The number of hydrogen-bond acceptors (Lipinski definition) is 7. The highest BCUT2D eigenvalue weighted by Gasteiger charge is 2.32. The first-order chi connectivity index (χ1) is 32.0. The molecule has 0 aliphatic carbocycles. The minimum atomic E-state index is -2.13. The van der Waals surface area contributed by atoms with Crippen molar-refractivity contribution in [3.8, 4) is 28.4 Å². The number of ether oxygens (including phenoxy) is 1. The molecule has 0 fully saturated rings. The smallest absolute Gasteiger partial charge is 0.453 e. The van der Waals surface area contributed by atoms with Crippen molar-refractivity contribution in [1.29, 1.82) is 0 Å². The van der Waals surface area contributed by atoms with E-state index in [0.717, 1.165) is 116 Å². The van der Waals surface area contributed by atoms with E-state index in [1.807, 2.05) is 6.07 Å². The Kier molecular flexibility index (Phi) is 12.8. The molecule has 0 aliphatic rings. The molecule has 9 heteroatoms. The van der Waals surface area contributed by atoms with Gasteiger partial charge in [-0.25, -0.2) is 0 Å². The monoisotopic (exact) mass is 966 g/mol. The lowest BCUT2D eigenvalue weighted by Crippen LogP contribution is -2.15. The topological polar surface area (TPSA) is 80.2 Å². The highest BCUT2D eigenvalue weighted by molar-refractivity contribution is 7.32. The highest BCUT2D eigenvalue weighted by atomic mass is 31.1. The highest BCUT2D eigenvalue weighted by Crippen LogP contribution is 2.54. The van der Waals surface area contributed by atoms with Crippen LogP contribution in [0.2, 0.25) is 0 Å². The van der Waals surface area contributed by atoms with Gasteiger partial charge in [0.15, 0.2) is 0 Å². The summed E-state index contributed by atoms with van der Waals surface area (Å²) < 4.78 is 49.6. The van der Waals surface area contributed by atoms with Gasteiger partial charge < -0.3 is 30.6 Å². The molecule has 8 rings (SSSR count). The molecule has 0 radical (unpaired) electrons. The third kappa shape index (κ3) is 9.84. The van der Waals surface area contributed by atoms with Crippen molar-refractivity contribution in [2.45, 2.75) is 153 Å². The second-order valence-corrected chi connectivity index (χ2v) is 25.5. The molecule has 0 amide bonds. The zero-order chi connectivity index (χ0) is 50.4. The van der Waals surface area contributed by atoms with Crippen LogP contribution in [0.5, 0.6) is 17.2 Å². The van der Waals surface area contributed by atoms with E-state index in [2.05, 4.69) is 198 Å². The van der Waals surface area contributed by atoms with Crippen molar-refractivity contribution in [3.05, 3.63) is 134 Å². The number of benzene rings is 6. The number of hydrogen-bond donors (Lipinski definition) is 0. The summed E-state index contributed by atoms with van der Waals surface area (Å²) in [6.45, 7) is 41.5. The first-order valence-electron chi connectivity index (χ1n) is 24.1. The molecular formula is C60H72O7P2. The van der Waals surface area contributed by atoms with E-state index in [4.69, 9.17) is 30.6 Å². The Morgan fingerprint density at radius 2 is 0.652 bits per heavy atom. The van der Waals surface area contributed by atoms with Gasteiger partial charge in [-0.2, -0.15) is 0 Å². The molecule has 0 bridgehead atoms. The number of rotatable bonds is 6. The molecule has 6 aromatic carbocycles. The second-order valence-electron chi connectivity index (χ2n) is 23.5. The van der Waals surface area contributed by atoms with Gasteiger partial charge in [0.1, 0.15) is 39.6 Å². The third-order valence-corrected chi connectivity index (χ3v) is 14.9. The minimum absolute atomic E-state index is 0.250. The summed E-state index contributed by atoms with van der Waals surface area (Å²) in [6.07, 6.45) is 0. The van der Waals surface area contributed by atoms with Crippen LogP contribution in [0.15, 0.2) is 89.6 Å². The van der Waals surface area contributed by atoms with Crippen LogP contribution in [0.4, 0.5) is 0 Å². The SMILES string of the molecule is COc1cc(-c2cc(C)cc(C(C)(C)C)c2Op2oc3c(C(C)(C)C)cc(C)cc3c3cc(C)cc(C(C)(C)C)c3o2)c(Op2oc3c(C)cc(C)cc3c3cc(C)cc(C)c3o2)c(C(C)(C)C)c1. The van der Waals surface area contributed by atoms with E-state index < -0.39 is 21.9 Å². The molecule has 0 unspecified atom stereocenters. The lowest BCUT2D eigenvalue weighted by atomic mass is 9.81. The maximum absolute atomic E-state index is 7.52. The van der Waals surface area contributed by atoms with Crippen molar-refractivity contribution < 1.29 is 30.6 Å². The van der Waals surface area contributed by atoms with E-state index in [-0.39, 0.29) is 16.2 Å². The Hall–Kier alpha value is -5.48. The number of aryl methyl sites for hydroxylation is 7. The van der Waals surface area contributed by atoms with Gasteiger partial charge in [0.25, 0.3) is 0 Å². The Bertz CT molecular complexity index is 3280. The Labute approximate surface area is 411 Å². The van der Waals surface area contributed by atoms with E-state index in [0.29, 0.717) is 17.2 Å². The van der Waals surface area contributed by atoms with E-state index in [1.54, 1.807) is 7.11 Å². The van der Waals surface area contributed by atoms with Gasteiger partial charge in [-0.3, -0.25) is 0 Å². The average molecular weight is 967 g/mol. The zero-order valence-corrected chi connectivity index (χ0v) is 46.5. The maximum Gasteiger partial charge on any atom is 0.453 e. The van der Waals surface area contributed by atoms with E-state index in [9.17, 15) is 0 Å². The fraction of sp³-hybridized carbons (Fsp3) is 0.400. The number of fused-ring (bicyclic) bond motifs is 6. The maximum atomic E-state index is 7.52. The lowest BCUT2D eigenvalue weighted by molar-refractivity contribution is 0.410. The molecule has 8 aromatic rings. The minimum Gasteiger partial charge on any atom is -0.497 e. The molecule has 7 nitrogen and oxygen atoms in total. The summed E-state index contributed by atoms with van der Waals surface area (Å²) in [5.41, 5.74) is 15.1. The molecule has 0 saturated carbocycles. The fourth-order valence-electron chi connectivity index (χ4n) is 9.57. The summed E-state index contributed by atoms with van der Waals surface area (Å²) in [6, 6.07) is 26.1. The van der Waals surface area contributed by atoms with Crippen molar-refractivity contribution in [3.63, 3.8) is 0 Å². The van der Waals surface area contributed by atoms with Crippen LogP contribution < -0.4 is 13.8 Å². The Morgan fingerprint density at radius 1 is 0.348 bits per heavy atom. The molecular weight excluding hydrogens is 895 g/mol. The Balaban J connectivity index is 1.50. The van der Waals surface area contributed by atoms with Crippen molar-refractivity contribution in [2.75, 3.05) is 7.11 Å².